The van der Waals surface area contributed by atoms with Gasteiger partial charge in [-0.25, -0.2) is 9.37 Å². The third kappa shape index (κ3) is 3.46. The average molecular weight is 442 g/mol. The molecule has 158 valence electrons. The summed E-state index contributed by atoms with van der Waals surface area (Å²) in [5, 5.41) is 21.0. The van der Waals surface area contributed by atoms with Gasteiger partial charge in [0.1, 0.15) is 11.9 Å². The smallest absolute Gasteiger partial charge is 0.187 e. The Labute approximate surface area is 189 Å². The SMILES string of the molecule is N#C[C@@H]1[C@H](c2ccccc2-c2ccc(F)cc2)[C@@H](CO)N1c1ncc(-c2ccccc2)s1. The van der Waals surface area contributed by atoms with Crippen molar-refractivity contribution in [1.29, 1.82) is 5.26 Å². The molecule has 1 aliphatic rings. The van der Waals surface area contributed by atoms with Crippen LogP contribution in [0.2, 0.25) is 0 Å². The first-order chi connectivity index (χ1) is 15.7. The van der Waals surface area contributed by atoms with E-state index in [0.717, 1.165) is 32.3 Å². The van der Waals surface area contributed by atoms with Crippen LogP contribution in [-0.2, 0) is 0 Å². The first-order valence-corrected chi connectivity index (χ1v) is 11.2. The summed E-state index contributed by atoms with van der Waals surface area (Å²) in [6.45, 7) is -0.0964. The molecule has 0 amide bonds. The minimum Gasteiger partial charge on any atom is -0.394 e. The molecule has 0 unspecified atom stereocenters. The van der Waals surface area contributed by atoms with E-state index in [0.29, 0.717) is 0 Å². The minimum atomic E-state index is -0.455. The van der Waals surface area contributed by atoms with E-state index >= 15 is 0 Å². The van der Waals surface area contributed by atoms with Gasteiger partial charge >= 0.3 is 0 Å². The van der Waals surface area contributed by atoms with Gasteiger partial charge in [0.05, 0.1) is 23.6 Å². The Morgan fingerprint density at radius 2 is 1.69 bits per heavy atom. The normalized spacial score (nSPS) is 19.9. The van der Waals surface area contributed by atoms with Gasteiger partial charge in [0, 0.05) is 12.1 Å². The molecule has 5 rings (SSSR count). The highest BCUT2D eigenvalue weighted by molar-refractivity contribution is 7.18. The van der Waals surface area contributed by atoms with Crippen molar-refractivity contribution in [1.82, 2.24) is 4.98 Å². The topological polar surface area (TPSA) is 60.1 Å². The van der Waals surface area contributed by atoms with Gasteiger partial charge in [-0.1, -0.05) is 78.1 Å². The Morgan fingerprint density at radius 3 is 2.41 bits per heavy atom. The number of aliphatic hydroxyl groups is 1. The summed E-state index contributed by atoms with van der Waals surface area (Å²) < 4.78 is 13.4. The molecule has 1 aliphatic heterocycles. The van der Waals surface area contributed by atoms with Crippen LogP contribution in [0, 0.1) is 17.1 Å². The quantitative estimate of drug-likeness (QED) is 0.446. The first-order valence-electron chi connectivity index (χ1n) is 10.4. The fourth-order valence-corrected chi connectivity index (χ4v) is 5.46. The number of thiazole rings is 1. The zero-order valence-corrected chi connectivity index (χ0v) is 17.9. The predicted octanol–water partition coefficient (Wildman–Crippen LogP) is 5.47. The number of aliphatic hydroxyl groups excluding tert-OH is 1. The lowest BCUT2D eigenvalue weighted by molar-refractivity contribution is 0.188. The maximum atomic E-state index is 13.4. The first kappa shape index (κ1) is 20.4. The highest BCUT2D eigenvalue weighted by Crippen LogP contribution is 2.47. The monoisotopic (exact) mass is 441 g/mol. The molecule has 0 aliphatic carbocycles. The third-order valence-electron chi connectivity index (χ3n) is 5.98. The van der Waals surface area contributed by atoms with E-state index in [1.807, 2.05) is 65.7 Å². The summed E-state index contributed by atoms with van der Waals surface area (Å²) in [4.78, 5) is 7.51. The Balaban J connectivity index is 1.50. The number of hydrogen-bond acceptors (Lipinski definition) is 5. The van der Waals surface area contributed by atoms with Crippen molar-refractivity contribution in [2.75, 3.05) is 11.5 Å². The van der Waals surface area contributed by atoms with Gasteiger partial charge < -0.3 is 10.0 Å². The van der Waals surface area contributed by atoms with Crippen molar-refractivity contribution in [2.24, 2.45) is 0 Å². The average Bonchev–Trinajstić information content (AvgIpc) is 3.30. The molecule has 1 aromatic heterocycles. The van der Waals surface area contributed by atoms with Crippen LogP contribution in [-0.4, -0.2) is 28.8 Å². The summed E-state index contributed by atoms with van der Waals surface area (Å²) in [5.41, 5.74) is 3.87. The summed E-state index contributed by atoms with van der Waals surface area (Å²) in [7, 11) is 0. The van der Waals surface area contributed by atoms with Crippen LogP contribution in [0.5, 0.6) is 0 Å². The van der Waals surface area contributed by atoms with Crippen LogP contribution in [0.3, 0.4) is 0 Å². The zero-order valence-electron chi connectivity index (χ0n) is 17.1. The third-order valence-corrected chi connectivity index (χ3v) is 7.04. The molecule has 6 heteroatoms. The van der Waals surface area contributed by atoms with Gasteiger partial charge in [0.15, 0.2) is 5.13 Å². The van der Waals surface area contributed by atoms with E-state index in [1.165, 1.54) is 23.5 Å². The van der Waals surface area contributed by atoms with E-state index < -0.39 is 6.04 Å². The summed E-state index contributed by atoms with van der Waals surface area (Å²) in [6, 6.07) is 25.9. The van der Waals surface area contributed by atoms with Gasteiger partial charge in [0.2, 0.25) is 0 Å². The number of hydrogen-bond donors (Lipinski definition) is 1. The molecule has 0 radical (unpaired) electrons. The van der Waals surface area contributed by atoms with Crippen molar-refractivity contribution in [3.8, 4) is 27.6 Å². The van der Waals surface area contributed by atoms with Crippen LogP contribution in [0.4, 0.5) is 9.52 Å². The highest BCUT2D eigenvalue weighted by atomic mass is 32.1. The number of benzene rings is 3. The molecule has 0 saturated carbocycles. The van der Waals surface area contributed by atoms with Crippen LogP contribution >= 0.6 is 11.3 Å². The van der Waals surface area contributed by atoms with Crippen LogP contribution in [0.1, 0.15) is 11.5 Å². The second-order valence-electron chi connectivity index (χ2n) is 7.72. The Bertz CT molecular complexity index is 1270. The molecule has 0 spiro atoms. The van der Waals surface area contributed by atoms with Crippen molar-refractivity contribution in [2.45, 2.75) is 18.0 Å². The van der Waals surface area contributed by atoms with E-state index in [2.05, 4.69) is 11.1 Å². The van der Waals surface area contributed by atoms with Gasteiger partial charge in [-0.2, -0.15) is 5.26 Å². The van der Waals surface area contributed by atoms with E-state index in [9.17, 15) is 14.8 Å². The van der Waals surface area contributed by atoms with Gasteiger partial charge in [-0.05, 0) is 34.4 Å². The molecule has 2 heterocycles. The van der Waals surface area contributed by atoms with Crippen molar-refractivity contribution in [3.05, 3.63) is 96.4 Å². The fourth-order valence-electron chi connectivity index (χ4n) is 4.44. The second kappa shape index (κ2) is 8.54. The van der Waals surface area contributed by atoms with E-state index in [4.69, 9.17) is 0 Å². The van der Waals surface area contributed by atoms with Crippen LogP contribution in [0.15, 0.2) is 85.1 Å². The standard InChI is InChI=1S/C26H20FN3OS/c27-19-12-10-17(11-13-19)20-8-4-5-9-21(20)25-22(14-28)30(23(25)16-31)26-29-15-24(32-26)18-6-2-1-3-7-18/h1-13,15,22-23,25,31H,16H2/t22-,23-,25+/m1/s1. The highest BCUT2D eigenvalue weighted by Gasteiger charge is 2.51. The summed E-state index contributed by atoms with van der Waals surface area (Å²) in [5.74, 6) is -0.475. The number of nitriles is 1. The molecule has 1 saturated heterocycles. The van der Waals surface area contributed by atoms with Crippen molar-refractivity contribution >= 4 is 16.5 Å². The maximum Gasteiger partial charge on any atom is 0.187 e. The van der Waals surface area contributed by atoms with Gasteiger partial charge in [0.25, 0.3) is 0 Å². The molecule has 32 heavy (non-hydrogen) atoms. The van der Waals surface area contributed by atoms with E-state index in [-0.39, 0.29) is 24.4 Å². The Hall–Kier alpha value is -3.53. The largest absolute Gasteiger partial charge is 0.394 e. The number of rotatable bonds is 5. The predicted molar refractivity (Wildman–Crippen MR) is 125 cm³/mol. The molecule has 3 atom stereocenters. The lowest BCUT2D eigenvalue weighted by Crippen LogP contribution is -2.63. The van der Waals surface area contributed by atoms with Crippen molar-refractivity contribution < 1.29 is 9.50 Å². The van der Waals surface area contributed by atoms with Crippen molar-refractivity contribution in [3.63, 3.8) is 0 Å². The van der Waals surface area contributed by atoms with Gasteiger partial charge in [-0.3, -0.25) is 0 Å². The fraction of sp³-hybridized carbons (Fsp3) is 0.154. The molecule has 4 aromatic rings. The second-order valence-corrected chi connectivity index (χ2v) is 8.73. The Morgan fingerprint density at radius 1 is 0.969 bits per heavy atom. The van der Waals surface area contributed by atoms with E-state index in [1.54, 1.807) is 12.1 Å². The lowest BCUT2D eigenvalue weighted by Gasteiger charge is -2.52. The molecular formula is C26H20FN3OS. The van der Waals surface area contributed by atoms with Crippen LogP contribution < -0.4 is 4.90 Å². The molecule has 3 aromatic carbocycles. The number of anilines is 1. The molecule has 0 bridgehead atoms. The zero-order chi connectivity index (χ0) is 22.1. The minimum absolute atomic E-state index is 0.0964. The number of nitrogens with zero attached hydrogens (tertiary/aromatic N) is 3. The maximum absolute atomic E-state index is 13.4. The molecular weight excluding hydrogens is 421 g/mol. The number of halogens is 1. The van der Waals surface area contributed by atoms with Crippen LogP contribution in [0.25, 0.3) is 21.6 Å². The Kier molecular flexibility index (Phi) is 5.44. The summed E-state index contributed by atoms with van der Waals surface area (Å²) in [6.07, 6.45) is 1.82. The lowest BCUT2D eigenvalue weighted by atomic mass is 9.74. The van der Waals surface area contributed by atoms with Gasteiger partial charge in [-0.15, -0.1) is 0 Å². The summed E-state index contributed by atoms with van der Waals surface area (Å²) >= 11 is 1.52. The molecule has 1 fully saturated rings. The number of aromatic nitrogens is 1. The molecule has 4 nitrogen and oxygen atoms in total. The molecule has 1 N–H and O–H groups in total.